The summed E-state index contributed by atoms with van der Waals surface area (Å²) in [6.45, 7) is 0. The number of aliphatic carboxylic acids is 12. The third-order valence-corrected chi connectivity index (χ3v) is 5.01. The van der Waals surface area contributed by atoms with Gasteiger partial charge in [-0.3, -0.25) is 0 Å². The maximum Gasteiger partial charge on any atom is 4.00 e. The Kier molecular flexibility index (Phi) is 34.4. The molecule has 0 aromatic heterocycles. The van der Waals surface area contributed by atoms with Crippen LogP contribution in [0.15, 0.2) is 0 Å². The summed E-state index contributed by atoms with van der Waals surface area (Å²) in [5.41, 5.74) is -11.9. The van der Waals surface area contributed by atoms with Gasteiger partial charge in [0, 0.05) is 99.1 Å². The third-order valence-electron chi connectivity index (χ3n) is 5.01. The summed E-state index contributed by atoms with van der Waals surface area (Å²) >= 11 is 0. The van der Waals surface area contributed by atoms with Gasteiger partial charge in [0.15, 0.2) is 0 Å². The first-order chi connectivity index (χ1) is 23.1. The molecule has 55 heavy (non-hydrogen) atoms. The molecular formula is C24H20O28Pt3. The number of hydrogen-bond donors (Lipinski definition) is 4. The van der Waals surface area contributed by atoms with Gasteiger partial charge < -0.3 is 139 Å². The monoisotopic (exact) mass is 1340 g/mol. The van der Waals surface area contributed by atoms with Crippen molar-refractivity contribution in [2.45, 2.75) is 73.8 Å². The molecule has 0 amide bonds. The predicted molar refractivity (Wildman–Crippen MR) is 117 cm³/mol. The van der Waals surface area contributed by atoms with E-state index in [1.54, 1.807) is 0 Å². The van der Waals surface area contributed by atoms with Crippen LogP contribution in [0.4, 0.5) is 0 Å². The molecule has 4 N–H and O–H groups in total. The first kappa shape index (κ1) is 65.4. The van der Waals surface area contributed by atoms with Gasteiger partial charge in [-0.15, -0.1) is 0 Å². The number of carbonyl (C=O) groups excluding carboxylic acids is 12. The molecule has 0 saturated heterocycles. The zero-order valence-corrected chi connectivity index (χ0v) is 33.0. The molecule has 314 valence electrons. The minimum Gasteiger partial charge on any atom is -0.550 e. The Balaban J connectivity index is -0.000000110. The maximum atomic E-state index is 10.1. The van der Waals surface area contributed by atoms with Crippen LogP contribution in [0.2, 0.25) is 0 Å². The van der Waals surface area contributed by atoms with Crippen molar-refractivity contribution in [2.75, 3.05) is 0 Å². The van der Waals surface area contributed by atoms with Crippen LogP contribution in [0, 0.1) is 0 Å². The summed E-state index contributed by atoms with van der Waals surface area (Å²) in [4.78, 5) is 120. The van der Waals surface area contributed by atoms with Gasteiger partial charge in [-0.05, 0) is 0 Å². The molecular weight excluding hydrogens is 1320 g/mol. The number of aliphatic hydroxyl groups is 4. The number of carboxylic acids is 12. The second-order valence-corrected chi connectivity index (χ2v) is 9.67. The minimum absolute atomic E-state index is 0. The summed E-state index contributed by atoms with van der Waals surface area (Å²) in [7, 11) is 0. The van der Waals surface area contributed by atoms with Gasteiger partial charge in [0.2, 0.25) is 0 Å². The molecule has 0 aromatic rings. The molecule has 0 spiro atoms. The SMILES string of the molecule is O=C([O-])CC(O)(CC(=O)[O-])C(=O)[O-].O=C([O-])CC(O)(CC(=O)[O-])C(=O)[O-].O=C([O-])CC(O)(CC(=O)[O-])C(=O)[O-].O=C([O-])CC(O)(CC(=O)[O-])C(=O)[O-].[Pt+4].[Pt+4].[Pt+4]. The third kappa shape index (κ3) is 31.6. The van der Waals surface area contributed by atoms with Crippen molar-refractivity contribution in [1.29, 1.82) is 0 Å². The van der Waals surface area contributed by atoms with Crippen LogP contribution in [0.5, 0.6) is 0 Å². The average Bonchev–Trinajstić information content (AvgIpc) is 2.85. The fourth-order valence-electron chi connectivity index (χ4n) is 2.74. The Bertz CT molecular complexity index is 1130. The zero-order chi connectivity index (χ0) is 42.6. The largest absolute Gasteiger partial charge is 4.00 e. The topological polar surface area (TPSA) is 562 Å². The van der Waals surface area contributed by atoms with Crippen molar-refractivity contribution < 1.29 is 202 Å². The zero-order valence-electron chi connectivity index (χ0n) is 26.2. The van der Waals surface area contributed by atoms with Gasteiger partial charge in [-0.2, -0.15) is 0 Å². The van der Waals surface area contributed by atoms with Crippen LogP contribution in [0.1, 0.15) is 51.4 Å². The molecule has 28 nitrogen and oxygen atoms in total. The van der Waals surface area contributed by atoms with Crippen LogP contribution in [-0.4, -0.2) is 114 Å². The summed E-state index contributed by atoms with van der Waals surface area (Å²) < 4.78 is 0. The second kappa shape index (κ2) is 28.9. The fourth-order valence-corrected chi connectivity index (χ4v) is 2.74. The quantitative estimate of drug-likeness (QED) is 0.0879. The first-order valence-corrected chi connectivity index (χ1v) is 12.5. The van der Waals surface area contributed by atoms with Crippen molar-refractivity contribution in [2.24, 2.45) is 0 Å². The van der Waals surface area contributed by atoms with Gasteiger partial charge in [0.05, 0.1) is 23.9 Å². The standard InChI is InChI=1S/4C6H8O7.3Pt/c4*7-3(8)1-6(13,5(11)12)2-4(9)10;;;/h4*13H,1-2H2,(H,7,8)(H,9,10)(H,11,12);;;/q;;;;3*+4/p-12. The Labute approximate surface area is 346 Å². The van der Waals surface area contributed by atoms with Crippen molar-refractivity contribution in [3.8, 4) is 0 Å². The van der Waals surface area contributed by atoms with Crippen LogP contribution < -0.4 is 61.3 Å². The van der Waals surface area contributed by atoms with E-state index in [4.69, 9.17) is 20.4 Å². The molecule has 0 aromatic carbocycles. The first-order valence-electron chi connectivity index (χ1n) is 12.5. The van der Waals surface area contributed by atoms with Crippen molar-refractivity contribution in [3.05, 3.63) is 0 Å². The Hall–Kier alpha value is -4.46. The van der Waals surface area contributed by atoms with E-state index in [2.05, 4.69) is 0 Å². The van der Waals surface area contributed by atoms with E-state index in [1.165, 1.54) is 0 Å². The van der Waals surface area contributed by atoms with Gasteiger partial charge >= 0.3 is 63.2 Å². The van der Waals surface area contributed by atoms with Crippen LogP contribution in [0.3, 0.4) is 0 Å². The Morgan fingerprint density at radius 2 is 0.327 bits per heavy atom. The van der Waals surface area contributed by atoms with Crippen LogP contribution in [0.25, 0.3) is 0 Å². The van der Waals surface area contributed by atoms with E-state index in [1.807, 2.05) is 0 Å². The molecule has 31 heteroatoms. The van der Waals surface area contributed by atoms with E-state index in [0.717, 1.165) is 0 Å². The molecule has 0 unspecified atom stereocenters. The molecule has 0 aliphatic carbocycles. The molecule has 0 atom stereocenters. The van der Waals surface area contributed by atoms with E-state index in [9.17, 15) is 119 Å². The summed E-state index contributed by atoms with van der Waals surface area (Å²) in [6, 6.07) is 0. The van der Waals surface area contributed by atoms with Gasteiger partial charge in [-0.1, -0.05) is 0 Å². The van der Waals surface area contributed by atoms with Crippen LogP contribution in [-0.2, 0) is 121 Å². The fraction of sp³-hybridized carbons (Fsp3) is 0.500. The molecule has 0 aliphatic rings. The Morgan fingerprint density at radius 3 is 0.364 bits per heavy atom. The summed E-state index contributed by atoms with van der Waals surface area (Å²) in [5.74, 6) is -23.9. The summed E-state index contributed by atoms with van der Waals surface area (Å²) in [6.07, 6.45) is -10.9. The molecule has 0 bridgehead atoms. The van der Waals surface area contributed by atoms with E-state index >= 15 is 0 Å². The number of carbonyl (C=O) groups is 12. The molecule has 0 aliphatic heterocycles. The summed E-state index contributed by atoms with van der Waals surface area (Å²) in [5, 5.41) is 156. The van der Waals surface area contributed by atoms with Crippen molar-refractivity contribution in [1.82, 2.24) is 0 Å². The Morgan fingerprint density at radius 1 is 0.255 bits per heavy atom. The number of hydrogen-bond acceptors (Lipinski definition) is 28. The molecule has 0 fully saturated rings. The number of carboxylic acid groups (broad SMARTS) is 12. The molecule has 0 heterocycles. The molecule has 0 saturated carbocycles. The maximum absolute atomic E-state index is 10.1. The normalized spacial score (nSPS) is 10.3. The van der Waals surface area contributed by atoms with Gasteiger partial charge in [0.25, 0.3) is 0 Å². The molecule has 0 radical (unpaired) electrons. The second-order valence-electron chi connectivity index (χ2n) is 9.67. The minimum atomic E-state index is -2.97. The number of rotatable bonds is 20. The van der Waals surface area contributed by atoms with E-state index < -0.39 is 145 Å². The van der Waals surface area contributed by atoms with E-state index in [-0.39, 0.29) is 63.2 Å². The molecule has 0 rings (SSSR count). The predicted octanol–water partition coefficient (Wildman–Crippen LogP) is -21.0. The van der Waals surface area contributed by atoms with Gasteiger partial charge in [-0.25, -0.2) is 0 Å². The smallest absolute Gasteiger partial charge is 0.550 e. The average molecular weight is 1340 g/mol. The van der Waals surface area contributed by atoms with E-state index in [0.29, 0.717) is 0 Å². The van der Waals surface area contributed by atoms with Crippen molar-refractivity contribution in [3.63, 3.8) is 0 Å². The van der Waals surface area contributed by atoms with Gasteiger partial charge in [0.1, 0.15) is 22.4 Å². The van der Waals surface area contributed by atoms with Crippen molar-refractivity contribution >= 4 is 71.6 Å². The van der Waals surface area contributed by atoms with Crippen LogP contribution >= 0.6 is 0 Å².